The van der Waals surface area contributed by atoms with Crippen LogP contribution in [-0.2, 0) is 26.5 Å². The lowest BCUT2D eigenvalue weighted by Crippen LogP contribution is -2.13. The summed E-state index contributed by atoms with van der Waals surface area (Å²) in [7, 11) is -7.06. The second kappa shape index (κ2) is 7.11. The molecule has 0 radical (unpaired) electrons. The van der Waals surface area contributed by atoms with E-state index in [1.54, 1.807) is 18.2 Å². The molecule has 0 saturated heterocycles. The van der Waals surface area contributed by atoms with Gasteiger partial charge in [-0.1, -0.05) is 12.1 Å². The van der Waals surface area contributed by atoms with Gasteiger partial charge < -0.3 is 5.32 Å². The van der Waals surface area contributed by atoms with Crippen LogP contribution >= 0.6 is 0 Å². The minimum absolute atomic E-state index is 0.0686. The van der Waals surface area contributed by atoms with Crippen LogP contribution in [0, 0.1) is 0 Å². The molecule has 0 aliphatic heterocycles. The molecule has 4 N–H and O–H groups in total. The van der Waals surface area contributed by atoms with Crippen molar-refractivity contribution in [3.63, 3.8) is 0 Å². The van der Waals surface area contributed by atoms with E-state index < -0.39 is 20.0 Å². The van der Waals surface area contributed by atoms with Crippen molar-refractivity contribution in [1.82, 2.24) is 10.2 Å². The topological polar surface area (TPSA) is 144 Å². The third kappa shape index (κ3) is 5.76. The van der Waals surface area contributed by atoms with E-state index in [1.807, 2.05) is 0 Å². The standard InChI is InChI=1S/C13H17N5O4S2/c1-23(19,20)18-13-7-6-12(16-17-13)15-9-8-10-2-4-11(5-3-10)24(14,21)22/h2-7H,8-9H2,1H3,(H,15,16)(H,17,18)(H2,14,21,22). The Morgan fingerprint density at radius 1 is 0.958 bits per heavy atom. The van der Waals surface area contributed by atoms with Crippen molar-refractivity contribution in [1.29, 1.82) is 0 Å². The minimum Gasteiger partial charge on any atom is -0.368 e. The van der Waals surface area contributed by atoms with Gasteiger partial charge in [0, 0.05) is 6.54 Å². The average Bonchev–Trinajstić information content (AvgIpc) is 2.47. The fourth-order valence-electron chi connectivity index (χ4n) is 1.85. The first kappa shape index (κ1) is 18.1. The smallest absolute Gasteiger partial charge is 0.238 e. The number of nitrogens with two attached hydrogens (primary N) is 1. The van der Waals surface area contributed by atoms with Crippen molar-refractivity contribution >= 4 is 31.7 Å². The molecule has 2 aromatic rings. The van der Waals surface area contributed by atoms with Gasteiger partial charge in [-0.05, 0) is 36.2 Å². The number of sulfonamides is 2. The highest BCUT2D eigenvalue weighted by Gasteiger charge is 2.07. The van der Waals surface area contributed by atoms with Gasteiger partial charge in [0.15, 0.2) is 5.82 Å². The number of hydrogen-bond acceptors (Lipinski definition) is 7. The summed E-state index contributed by atoms with van der Waals surface area (Å²) in [6.45, 7) is 0.544. The summed E-state index contributed by atoms with van der Waals surface area (Å²) >= 11 is 0. The Hall–Kier alpha value is -2.24. The normalized spacial score (nSPS) is 11.9. The van der Waals surface area contributed by atoms with Gasteiger partial charge in [-0.25, -0.2) is 22.0 Å². The molecule has 0 saturated carbocycles. The van der Waals surface area contributed by atoms with Crippen LogP contribution in [0.25, 0.3) is 0 Å². The lowest BCUT2D eigenvalue weighted by atomic mass is 10.1. The number of nitrogens with zero attached hydrogens (tertiary/aromatic N) is 2. The fourth-order valence-corrected chi connectivity index (χ4v) is 2.86. The molecule has 0 amide bonds. The second-order valence-corrected chi connectivity index (χ2v) is 8.35. The van der Waals surface area contributed by atoms with Gasteiger partial charge >= 0.3 is 0 Å². The molecule has 0 fully saturated rings. The third-order valence-electron chi connectivity index (χ3n) is 2.93. The Morgan fingerprint density at radius 3 is 2.04 bits per heavy atom. The summed E-state index contributed by atoms with van der Waals surface area (Å²) in [5.41, 5.74) is 0.929. The molecule has 0 bridgehead atoms. The van der Waals surface area contributed by atoms with E-state index in [4.69, 9.17) is 5.14 Å². The van der Waals surface area contributed by atoms with Crippen LogP contribution in [0.15, 0.2) is 41.3 Å². The Kier molecular flexibility index (Phi) is 5.36. The number of nitrogens with one attached hydrogen (secondary N) is 2. The summed E-state index contributed by atoms with van der Waals surface area (Å²) < 4.78 is 46.7. The SMILES string of the molecule is CS(=O)(=O)Nc1ccc(NCCc2ccc(S(N)(=O)=O)cc2)nn1. The lowest BCUT2D eigenvalue weighted by molar-refractivity contribution is 0.597. The Balaban J connectivity index is 1.88. The predicted molar refractivity (Wildman–Crippen MR) is 90.5 cm³/mol. The van der Waals surface area contributed by atoms with Crippen molar-refractivity contribution in [3.05, 3.63) is 42.0 Å². The molecule has 0 unspecified atom stereocenters. The van der Waals surface area contributed by atoms with Gasteiger partial charge in [0.05, 0.1) is 11.2 Å². The average molecular weight is 371 g/mol. The molecular weight excluding hydrogens is 354 g/mol. The summed E-state index contributed by atoms with van der Waals surface area (Å²) in [6, 6.07) is 9.38. The molecule has 0 spiro atoms. The van der Waals surface area contributed by atoms with E-state index in [2.05, 4.69) is 20.2 Å². The summed E-state index contributed by atoms with van der Waals surface area (Å²) in [6.07, 6.45) is 1.66. The summed E-state index contributed by atoms with van der Waals surface area (Å²) in [5.74, 6) is 0.636. The van der Waals surface area contributed by atoms with Gasteiger partial charge in [-0.2, -0.15) is 0 Å². The lowest BCUT2D eigenvalue weighted by Gasteiger charge is -2.07. The van der Waals surface area contributed by atoms with Gasteiger partial charge in [0.1, 0.15) is 5.82 Å². The van der Waals surface area contributed by atoms with Crippen LogP contribution in [0.3, 0.4) is 0 Å². The molecule has 0 aliphatic rings. The molecule has 24 heavy (non-hydrogen) atoms. The first-order valence-electron chi connectivity index (χ1n) is 6.81. The maximum Gasteiger partial charge on any atom is 0.238 e. The molecule has 130 valence electrons. The van der Waals surface area contributed by atoms with Crippen LogP contribution in [0.4, 0.5) is 11.6 Å². The van der Waals surface area contributed by atoms with Crippen LogP contribution in [0.2, 0.25) is 0 Å². The zero-order chi connectivity index (χ0) is 17.8. The van der Waals surface area contributed by atoms with Crippen molar-refractivity contribution < 1.29 is 16.8 Å². The Bertz CT molecular complexity index is 894. The maximum absolute atomic E-state index is 11.2. The fraction of sp³-hybridized carbons (Fsp3) is 0.231. The van der Waals surface area contributed by atoms with Crippen LogP contribution in [-0.4, -0.2) is 39.8 Å². The van der Waals surface area contributed by atoms with Crippen LogP contribution in [0.1, 0.15) is 5.56 Å². The first-order chi connectivity index (χ1) is 11.1. The van der Waals surface area contributed by atoms with E-state index in [1.165, 1.54) is 18.2 Å². The molecule has 9 nitrogen and oxygen atoms in total. The molecule has 1 aromatic heterocycles. The third-order valence-corrected chi connectivity index (χ3v) is 4.44. The monoisotopic (exact) mass is 371 g/mol. The van der Waals surface area contributed by atoms with E-state index >= 15 is 0 Å². The van der Waals surface area contributed by atoms with Crippen LogP contribution in [0.5, 0.6) is 0 Å². The molecule has 1 aromatic carbocycles. The highest BCUT2D eigenvalue weighted by atomic mass is 32.2. The molecule has 0 aliphatic carbocycles. The van der Waals surface area contributed by atoms with Crippen molar-refractivity contribution in [3.8, 4) is 0 Å². The second-order valence-electron chi connectivity index (χ2n) is 5.04. The van der Waals surface area contributed by atoms with Gasteiger partial charge in [0.2, 0.25) is 20.0 Å². The zero-order valence-electron chi connectivity index (χ0n) is 12.8. The Morgan fingerprint density at radius 2 is 1.54 bits per heavy atom. The summed E-state index contributed by atoms with van der Waals surface area (Å²) in [5, 5.41) is 15.7. The van der Waals surface area contributed by atoms with Crippen molar-refractivity contribution in [2.75, 3.05) is 22.8 Å². The minimum atomic E-state index is -3.68. The number of benzene rings is 1. The number of rotatable bonds is 7. The Labute approximate surface area is 140 Å². The quantitative estimate of drug-likeness (QED) is 0.628. The molecule has 2 rings (SSSR count). The number of hydrogen-bond donors (Lipinski definition) is 3. The highest BCUT2D eigenvalue weighted by molar-refractivity contribution is 7.92. The van der Waals surface area contributed by atoms with Gasteiger partial charge in [-0.15, -0.1) is 10.2 Å². The zero-order valence-corrected chi connectivity index (χ0v) is 14.4. The van der Waals surface area contributed by atoms with Crippen LogP contribution < -0.4 is 15.2 Å². The first-order valence-corrected chi connectivity index (χ1v) is 10.2. The highest BCUT2D eigenvalue weighted by Crippen LogP contribution is 2.10. The van der Waals surface area contributed by atoms with E-state index in [0.717, 1.165) is 11.8 Å². The van der Waals surface area contributed by atoms with Crippen molar-refractivity contribution in [2.24, 2.45) is 5.14 Å². The maximum atomic E-state index is 11.2. The molecule has 0 atom stereocenters. The molecule has 11 heteroatoms. The summed E-state index contributed by atoms with van der Waals surface area (Å²) in [4.78, 5) is 0.0686. The largest absolute Gasteiger partial charge is 0.368 e. The number of primary sulfonamides is 1. The van der Waals surface area contributed by atoms with E-state index in [-0.39, 0.29) is 10.7 Å². The number of aromatic nitrogens is 2. The van der Waals surface area contributed by atoms with E-state index in [0.29, 0.717) is 18.8 Å². The van der Waals surface area contributed by atoms with E-state index in [9.17, 15) is 16.8 Å². The predicted octanol–water partition coefficient (Wildman–Crippen LogP) is 0.150. The van der Waals surface area contributed by atoms with Gasteiger partial charge in [-0.3, -0.25) is 4.72 Å². The molecule has 1 heterocycles. The van der Waals surface area contributed by atoms with Crippen molar-refractivity contribution in [2.45, 2.75) is 11.3 Å². The number of anilines is 2. The molecular formula is C13H17N5O4S2. The van der Waals surface area contributed by atoms with Gasteiger partial charge in [0.25, 0.3) is 0 Å².